The summed E-state index contributed by atoms with van der Waals surface area (Å²) < 4.78 is 61.1. The Bertz CT molecular complexity index is 2050. The average Bonchev–Trinajstić information content (AvgIpc) is 3.31. The van der Waals surface area contributed by atoms with Gasteiger partial charge in [0.1, 0.15) is 6.61 Å². The predicted octanol–water partition coefficient (Wildman–Crippen LogP) is 7.65. The van der Waals surface area contributed by atoms with E-state index in [4.69, 9.17) is 49.0 Å². The van der Waals surface area contributed by atoms with Crippen LogP contribution in [0.2, 0.25) is 15.1 Å². The number of carbonyl (C=O) groups is 1. The molecule has 1 aliphatic rings. The van der Waals surface area contributed by atoms with Crippen molar-refractivity contribution in [3.05, 3.63) is 122 Å². The Morgan fingerprint density at radius 2 is 1.76 bits per heavy atom. The molecule has 2 heterocycles. The van der Waals surface area contributed by atoms with Crippen molar-refractivity contribution >= 4 is 74.1 Å². The molecule has 15 heteroatoms. The van der Waals surface area contributed by atoms with Crippen molar-refractivity contribution in [3.63, 3.8) is 0 Å². The maximum atomic E-state index is 14.4. The molecule has 46 heavy (non-hydrogen) atoms. The molecule has 0 unspecified atom stereocenters. The number of carbonyl (C=O) groups excluding carboxylic acids is 1. The minimum absolute atomic E-state index is 0.0497. The zero-order chi connectivity index (χ0) is 33.3. The second kappa shape index (κ2) is 13.8. The van der Waals surface area contributed by atoms with E-state index in [0.717, 1.165) is 15.9 Å². The summed E-state index contributed by atoms with van der Waals surface area (Å²) in [7, 11) is 1.44. The third-order valence-corrected chi connectivity index (χ3v) is 9.26. The number of hydrogen-bond donors (Lipinski definition) is 0. The molecule has 0 bridgehead atoms. The highest BCUT2D eigenvalue weighted by molar-refractivity contribution is 9.10. The molecule has 0 saturated carbocycles. The van der Waals surface area contributed by atoms with Crippen molar-refractivity contribution < 1.29 is 32.2 Å². The number of nitrogens with zero attached hydrogens (tertiary/aromatic N) is 2. The van der Waals surface area contributed by atoms with Crippen LogP contribution in [-0.2, 0) is 16.1 Å². The summed E-state index contributed by atoms with van der Waals surface area (Å²) in [6, 6.07) is 12.6. The SMILES string of the molecule is CCOC(=O)C1=C(C(F)(F)F)N=c2s/c(=C\c3cc(OC)c(OCc4ccc(Cl)cc4Cl)cc3Br)c(=O)n2[C@@H]1c1ccc(Cl)cc1. The van der Waals surface area contributed by atoms with Gasteiger partial charge in [0, 0.05) is 25.1 Å². The molecule has 1 atom stereocenters. The van der Waals surface area contributed by atoms with Gasteiger partial charge in [-0.3, -0.25) is 9.36 Å². The van der Waals surface area contributed by atoms with E-state index in [1.165, 1.54) is 44.4 Å². The quantitative estimate of drug-likeness (QED) is 0.172. The van der Waals surface area contributed by atoms with E-state index in [2.05, 4.69) is 20.9 Å². The van der Waals surface area contributed by atoms with E-state index in [-0.39, 0.29) is 28.1 Å². The first-order valence-corrected chi connectivity index (χ1v) is 16.1. The van der Waals surface area contributed by atoms with Crippen molar-refractivity contribution in [1.29, 1.82) is 0 Å². The molecular weight excluding hydrogens is 756 g/mol. The van der Waals surface area contributed by atoms with Crippen LogP contribution < -0.4 is 24.4 Å². The summed E-state index contributed by atoms with van der Waals surface area (Å²) in [5.74, 6) is -0.568. The first-order valence-electron chi connectivity index (χ1n) is 13.3. The summed E-state index contributed by atoms with van der Waals surface area (Å²) >= 11 is 22.5. The monoisotopic (exact) mass is 774 g/mol. The molecule has 0 N–H and O–H groups in total. The van der Waals surface area contributed by atoms with Crippen LogP contribution in [0.3, 0.4) is 0 Å². The van der Waals surface area contributed by atoms with E-state index in [1.54, 1.807) is 30.3 Å². The molecule has 0 radical (unpaired) electrons. The van der Waals surface area contributed by atoms with Crippen molar-refractivity contribution in [1.82, 2.24) is 4.57 Å². The van der Waals surface area contributed by atoms with Crippen molar-refractivity contribution in [3.8, 4) is 11.5 Å². The minimum Gasteiger partial charge on any atom is -0.493 e. The highest BCUT2D eigenvalue weighted by atomic mass is 79.9. The number of aromatic nitrogens is 1. The Hall–Kier alpha value is -3.29. The van der Waals surface area contributed by atoms with Crippen molar-refractivity contribution in [2.45, 2.75) is 25.7 Å². The number of thiazole rings is 1. The third kappa shape index (κ3) is 7.01. The lowest BCUT2D eigenvalue weighted by Gasteiger charge is -2.26. The fourth-order valence-electron chi connectivity index (χ4n) is 4.67. The molecule has 0 aliphatic carbocycles. The van der Waals surface area contributed by atoms with Crippen LogP contribution in [0.4, 0.5) is 13.2 Å². The van der Waals surface area contributed by atoms with Crippen LogP contribution >= 0.6 is 62.1 Å². The largest absolute Gasteiger partial charge is 0.493 e. The Kier molecular flexibility index (Phi) is 10.2. The van der Waals surface area contributed by atoms with Gasteiger partial charge in [-0.15, -0.1) is 0 Å². The molecule has 0 amide bonds. The molecule has 3 aromatic carbocycles. The molecule has 7 nitrogen and oxygen atoms in total. The lowest BCUT2D eigenvalue weighted by Crippen LogP contribution is -2.41. The number of halogens is 7. The van der Waals surface area contributed by atoms with Gasteiger partial charge in [0.25, 0.3) is 5.56 Å². The highest BCUT2D eigenvalue weighted by Crippen LogP contribution is 2.39. The van der Waals surface area contributed by atoms with Gasteiger partial charge in [-0.1, -0.05) is 80.3 Å². The average molecular weight is 777 g/mol. The van der Waals surface area contributed by atoms with E-state index >= 15 is 0 Å². The van der Waals surface area contributed by atoms with Crippen LogP contribution in [-0.4, -0.2) is 30.4 Å². The Morgan fingerprint density at radius 1 is 1.07 bits per heavy atom. The van der Waals surface area contributed by atoms with Crippen LogP contribution in [0.15, 0.2) is 80.1 Å². The molecule has 1 aliphatic heterocycles. The number of allylic oxidation sites excluding steroid dienone is 1. The Morgan fingerprint density at radius 3 is 2.39 bits per heavy atom. The van der Waals surface area contributed by atoms with Gasteiger partial charge in [0.15, 0.2) is 22.0 Å². The number of benzene rings is 3. The molecule has 240 valence electrons. The molecule has 0 fully saturated rings. The molecule has 0 saturated heterocycles. The van der Waals surface area contributed by atoms with Gasteiger partial charge in [0.05, 0.1) is 29.9 Å². The third-order valence-electron chi connectivity index (χ3n) is 6.75. The first-order chi connectivity index (χ1) is 21.8. The second-order valence-corrected chi connectivity index (χ2v) is 12.8. The maximum absolute atomic E-state index is 14.4. The van der Waals surface area contributed by atoms with E-state index in [0.29, 0.717) is 42.2 Å². The van der Waals surface area contributed by atoms with Crippen LogP contribution in [0.1, 0.15) is 29.7 Å². The number of esters is 1. The Labute approximate surface area is 287 Å². The Balaban J connectivity index is 1.63. The summed E-state index contributed by atoms with van der Waals surface area (Å²) in [5, 5.41) is 1.22. The van der Waals surface area contributed by atoms with Crippen LogP contribution in [0, 0.1) is 0 Å². The zero-order valence-corrected chi connectivity index (χ0v) is 28.4. The van der Waals surface area contributed by atoms with Gasteiger partial charge >= 0.3 is 12.1 Å². The molecular formula is C31H21BrCl3F3N2O5S. The summed E-state index contributed by atoms with van der Waals surface area (Å²) in [5.41, 5.74) is -1.56. The first kappa shape index (κ1) is 34.1. The summed E-state index contributed by atoms with van der Waals surface area (Å²) in [4.78, 5) is 30.4. The molecule has 0 spiro atoms. The normalized spacial score (nSPS) is 15.0. The lowest BCUT2D eigenvalue weighted by molar-refractivity contribution is -0.140. The van der Waals surface area contributed by atoms with E-state index in [1.807, 2.05) is 0 Å². The summed E-state index contributed by atoms with van der Waals surface area (Å²) in [6.07, 6.45) is -3.54. The van der Waals surface area contributed by atoms with Gasteiger partial charge in [-0.05, 0) is 60.5 Å². The zero-order valence-electron chi connectivity index (χ0n) is 23.8. The van der Waals surface area contributed by atoms with Crippen LogP contribution in [0.5, 0.6) is 11.5 Å². The van der Waals surface area contributed by atoms with Gasteiger partial charge in [-0.25, -0.2) is 9.79 Å². The van der Waals surface area contributed by atoms with Crippen molar-refractivity contribution in [2.75, 3.05) is 13.7 Å². The van der Waals surface area contributed by atoms with Crippen molar-refractivity contribution in [2.24, 2.45) is 4.99 Å². The second-order valence-electron chi connectivity index (χ2n) is 9.66. The van der Waals surface area contributed by atoms with E-state index < -0.39 is 35.0 Å². The van der Waals surface area contributed by atoms with Gasteiger partial charge in [-0.2, -0.15) is 13.2 Å². The molecule has 5 rings (SSSR count). The standard InChI is InChI=1S/C31H21BrCl3F3N2O5S/c1-3-44-29(42)25-26(15-4-7-18(33)8-5-15)40-28(41)24(46-30(40)39-27(25)31(36,37)38)11-17-10-22(43-2)23(13-20(17)32)45-14-16-6-9-19(34)12-21(16)35/h4-13,26H,3,14H2,1-2H3/b24-11-/t26-/m1/s1. The smallest absolute Gasteiger partial charge is 0.434 e. The van der Waals surface area contributed by atoms with Gasteiger partial charge < -0.3 is 14.2 Å². The molecule has 1 aromatic heterocycles. The number of methoxy groups -OCH3 is 1. The number of alkyl halides is 3. The predicted molar refractivity (Wildman–Crippen MR) is 174 cm³/mol. The fraction of sp³-hybridized carbons (Fsp3) is 0.194. The van der Waals surface area contributed by atoms with Crippen LogP contribution in [0.25, 0.3) is 6.08 Å². The summed E-state index contributed by atoms with van der Waals surface area (Å²) in [6.45, 7) is 1.38. The number of ether oxygens (including phenoxy) is 3. The topological polar surface area (TPSA) is 79.1 Å². The fourth-order valence-corrected chi connectivity index (χ4v) is 6.69. The highest BCUT2D eigenvalue weighted by Gasteiger charge is 2.45. The number of hydrogen-bond acceptors (Lipinski definition) is 7. The minimum atomic E-state index is -5.02. The lowest BCUT2D eigenvalue weighted by atomic mass is 9.95. The number of fused-ring (bicyclic) bond motifs is 1. The number of rotatable bonds is 8. The van der Waals surface area contributed by atoms with E-state index in [9.17, 15) is 22.8 Å². The maximum Gasteiger partial charge on any atom is 0.434 e. The van der Waals surface area contributed by atoms with Gasteiger partial charge in [0.2, 0.25) is 0 Å². The molecule has 4 aromatic rings.